The number of nitrogens with zero attached hydrogens (tertiary/aromatic N) is 2. The predicted octanol–water partition coefficient (Wildman–Crippen LogP) is 1.54. The van der Waals surface area contributed by atoms with Crippen molar-refractivity contribution in [1.82, 2.24) is 20.2 Å². The minimum absolute atomic E-state index is 0.891. The number of aromatic amines is 1. The van der Waals surface area contributed by atoms with Crippen molar-refractivity contribution < 1.29 is 0 Å². The number of piperidine rings is 1. The van der Waals surface area contributed by atoms with E-state index in [9.17, 15) is 0 Å². The summed E-state index contributed by atoms with van der Waals surface area (Å²) in [6.07, 6.45) is 5.79. The first kappa shape index (κ1) is 12.6. The zero-order chi connectivity index (χ0) is 12.1. The lowest BCUT2D eigenvalue weighted by atomic mass is 9.94. The maximum Gasteiger partial charge on any atom is 0.0925 e. The smallest absolute Gasteiger partial charge is 0.0925 e. The summed E-state index contributed by atoms with van der Waals surface area (Å²) in [5.41, 5.74) is 2.32. The van der Waals surface area contributed by atoms with E-state index in [1.165, 1.54) is 38.0 Å². The van der Waals surface area contributed by atoms with Crippen LogP contribution in [0.25, 0.3) is 0 Å². The van der Waals surface area contributed by atoms with Crippen LogP contribution in [0.5, 0.6) is 0 Å². The molecule has 1 aromatic heterocycles. The van der Waals surface area contributed by atoms with Gasteiger partial charge in [-0.2, -0.15) is 0 Å². The van der Waals surface area contributed by atoms with E-state index in [-0.39, 0.29) is 0 Å². The maximum atomic E-state index is 4.29. The van der Waals surface area contributed by atoms with Gasteiger partial charge in [-0.25, -0.2) is 4.98 Å². The Bertz CT molecular complexity index is 326. The van der Waals surface area contributed by atoms with E-state index in [1.807, 2.05) is 0 Å². The first-order valence-electron chi connectivity index (χ1n) is 6.64. The van der Waals surface area contributed by atoms with Crippen LogP contribution in [0.15, 0.2) is 6.33 Å². The molecule has 0 aliphatic carbocycles. The molecule has 0 atom stereocenters. The molecule has 0 saturated carbocycles. The van der Waals surface area contributed by atoms with Gasteiger partial charge in [0.1, 0.15) is 0 Å². The Balaban J connectivity index is 1.59. The first-order valence-corrected chi connectivity index (χ1v) is 6.64. The van der Waals surface area contributed by atoms with Crippen LogP contribution in [0.4, 0.5) is 0 Å². The molecule has 2 heterocycles. The molecule has 4 nitrogen and oxygen atoms in total. The van der Waals surface area contributed by atoms with Crippen LogP contribution in [0.3, 0.4) is 0 Å². The van der Waals surface area contributed by atoms with Gasteiger partial charge in [0.05, 0.1) is 12.0 Å². The topological polar surface area (TPSA) is 44.0 Å². The van der Waals surface area contributed by atoms with Gasteiger partial charge in [0.2, 0.25) is 0 Å². The Morgan fingerprint density at radius 3 is 2.88 bits per heavy atom. The molecule has 0 bridgehead atoms. The van der Waals surface area contributed by atoms with Gasteiger partial charge in [-0.15, -0.1) is 0 Å². The molecule has 0 amide bonds. The quantitative estimate of drug-likeness (QED) is 0.762. The molecule has 1 saturated heterocycles. The minimum Gasteiger partial charge on any atom is -0.348 e. The molecule has 1 aromatic rings. The van der Waals surface area contributed by atoms with Crippen molar-refractivity contribution in [1.29, 1.82) is 0 Å². The SMILES string of the molecule is Cc1[nH]cnc1CNCCC1CCN(C)CC1. The minimum atomic E-state index is 0.891. The fourth-order valence-corrected chi connectivity index (χ4v) is 2.43. The third-order valence-corrected chi connectivity index (χ3v) is 3.79. The number of aromatic nitrogens is 2. The van der Waals surface area contributed by atoms with E-state index in [1.54, 1.807) is 6.33 Å². The summed E-state index contributed by atoms with van der Waals surface area (Å²) in [5.74, 6) is 0.916. The van der Waals surface area contributed by atoms with Gasteiger partial charge in [0, 0.05) is 12.2 Å². The average Bonchev–Trinajstić information content (AvgIpc) is 2.73. The molecule has 1 fully saturated rings. The largest absolute Gasteiger partial charge is 0.348 e. The number of rotatable bonds is 5. The van der Waals surface area contributed by atoms with Gasteiger partial charge >= 0.3 is 0 Å². The highest BCUT2D eigenvalue weighted by atomic mass is 15.1. The highest BCUT2D eigenvalue weighted by Crippen LogP contribution is 2.18. The van der Waals surface area contributed by atoms with Crippen LogP contribution in [-0.4, -0.2) is 41.5 Å². The lowest BCUT2D eigenvalue weighted by Gasteiger charge is -2.28. The number of hydrogen-bond donors (Lipinski definition) is 2. The molecule has 0 radical (unpaired) electrons. The van der Waals surface area contributed by atoms with Crippen LogP contribution in [0.2, 0.25) is 0 Å². The number of H-pyrrole nitrogens is 1. The van der Waals surface area contributed by atoms with Crippen molar-refractivity contribution in [2.75, 3.05) is 26.7 Å². The summed E-state index contributed by atoms with van der Waals surface area (Å²) in [5, 5.41) is 3.49. The highest BCUT2D eigenvalue weighted by Gasteiger charge is 2.15. The van der Waals surface area contributed by atoms with E-state index in [4.69, 9.17) is 0 Å². The number of likely N-dealkylation sites (tertiary alicyclic amines) is 1. The summed E-state index contributed by atoms with van der Waals surface area (Å²) in [6, 6.07) is 0. The zero-order valence-corrected chi connectivity index (χ0v) is 11.0. The van der Waals surface area contributed by atoms with E-state index in [0.29, 0.717) is 0 Å². The maximum absolute atomic E-state index is 4.29. The lowest BCUT2D eigenvalue weighted by Crippen LogP contribution is -2.31. The summed E-state index contributed by atoms with van der Waals surface area (Å²) < 4.78 is 0. The highest BCUT2D eigenvalue weighted by molar-refractivity contribution is 5.07. The van der Waals surface area contributed by atoms with Crippen LogP contribution < -0.4 is 5.32 Å². The molecule has 96 valence electrons. The average molecular weight is 236 g/mol. The third kappa shape index (κ3) is 3.82. The Morgan fingerprint density at radius 2 is 2.24 bits per heavy atom. The molecule has 0 unspecified atom stereocenters. The number of hydrogen-bond acceptors (Lipinski definition) is 3. The van der Waals surface area contributed by atoms with Crippen LogP contribution in [0, 0.1) is 12.8 Å². The van der Waals surface area contributed by atoms with E-state index >= 15 is 0 Å². The lowest BCUT2D eigenvalue weighted by molar-refractivity contribution is 0.211. The van der Waals surface area contributed by atoms with Crippen molar-refractivity contribution in [3.05, 3.63) is 17.7 Å². The van der Waals surface area contributed by atoms with E-state index in [0.717, 1.165) is 24.7 Å². The molecular formula is C13H24N4. The Morgan fingerprint density at radius 1 is 1.47 bits per heavy atom. The summed E-state index contributed by atoms with van der Waals surface area (Å²) in [6.45, 7) is 6.61. The fraction of sp³-hybridized carbons (Fsp3) is 0.769. The van der Waals surface area contributed by atoms with Gasteiger partial charge in [-0.1, -0.05) is 0 Å². The number of imidazole rings is 1. The van der Waals surface area contributed by atoms with Crippen molar-refractivity contribution >= 4 is 0 Å². The normalized spacial score (nSPS) is 18.7. The monoisotopic (exact) mass is 236 g/mol. The van der Waals surface area contributed by atoms with E-state index < -0.39 is 0 Å². The van der Waals surface area contributed by atoms with Gasteiger partial charge in [-0.05, 0) is 58.8 Å². The number of aryl methyl sites for hydroxylation is 1. The Hall–Kier alpha value is -0.870. The third-order valence-electron chi connectivity index (χ3n) is 3.79. The summed E-state index contributed by atoms with van der Waals surface area (Å²) in [7, 11) is 2.22. The van der Waals surface area contributed by atoms with Crippen molar-refractivity contribution in [2.24, 2.45) is 5.92 Å². The molecule has 17 heavy (non-hydrogen) atoms. The van der Waals surface area contributed by atoms with Gasteiger partial charge in [-0.3, -0.25) is 0 Å². The number of nitrogens with one attached hydrogen (secondary N) is 2. The molecular weight excluding hydrogens is 212 g/mol. The Labute approximate surface area is 104 Å². The summed E-state index contributed by atoms with van der Waals surface area (Å²) >= 11 is 0. The standard InChI is InChI=1S/C13H24N4/c1-11-13(16-10-15-11)9-14-6-3-12-4-7-17(2)8-5-12/h10,12,14H,3-9H2,1-2H3,(H,15,16). The molecule has 1 aliphatic rings. The van der Waals surface area contributed by atoms with Crippen LogP contribution >= 0.6 is 0 Å². The predicted molar refractivity (Wildman–Crippen MR) is 69.9 cm³/mol. The fourth-order valence-electron chi connectivity index (χ4n) is 2.43. The molecule has 1 aliphatic heterocycles. The second-order valence-corrected chi connectivity index (χ2v) is 5.19. The van der Waals surface area contributed by atoms with Crippen molar-refractivity contribution in [2.45, 2.75) is 32.7 Å². The first-order chi connectivity index (χ1) is 8.25. The van der Waals surface area contributed by atoms with Gasteiger partial charge in [0.15, 0.2) is 0 Å². The second kappa shape index (κ2) is 6.17. The molecule has 0 aromatic carbocycles. The summed E-state index contributed by atoms with van der Waals surface area (Å²) in [4.78, 5) is 9.82. The molecule has 4 heteroatoms. The van der Waals surface area contributed by atoms with Crippen molar-refractivity contribution in [3.63, 3.8) is 0 Å². The molecule has 2 rings (SSSR count). The van der Waals surface area contributed by atoms with Crippen LogP contribution in [-0.2, 0) is 6.54 Å². The van der Waals surface area contributed by atoms with Gasteiger partial charge in [0.25, 0.3) is 0 Å². The van der Waals surface area contributed by atoms with Crippen molar-refractivity contribution in [3.8, 4) is 0 Å². The Kier molecular flexibility index (Phi) is 4.57. The zero-order valence-electron chi connectivity index (χ0n) is 11.0. The molecule has 2 N–H and O–H groups in total. The van der Waals surface area contributed by atoms with Gasteiger partial charge < -0.3 is 15.2 Å². The van der Waals surface area contributed by atoms with E-state index in [2.05, 4.69) is 34.2 Å². The second-order valence-electron chi connectivity index (χ2n) is 5.19. The van der Waals surface area contributed by atoms with Crippen LogP contribution in [0.1, 0.15) is 30.7 Å². The molecule has 0 spiro atoms.